The van der Waals surface area contributed by atoms with Gasteiger partial charge < -0.3 is 23.7 Å². The van der Waals surface area contributed by atoms with Gasteiger partial charge in [-0.2, -0.15) is 0 Å². The van der Waals surface area contributed by atoms with Crippen LogP contribution in [0.25, 0.3) is 0 Å². The number of nitrogens with zero attached hydrogens (tertiary/aromatic N) is 1. The van der Waals surface area contributed by atoms with Gasteiger partial charge in [0.05, 0.1) is 39.4 Å². The van der Waals surface area contributed by atoms with Crippen LogP contribution in [0.4, 0.5) is 0 Å². The zero-order chi connectivity index (χ0) is 28.3. The van der Waals surface area contributed by atoms with Crippen molar-refractivity contribution in [3.8, 4) is 23.0 Å². The summed E-state index contributed by atoms with van der Waals surface area (Å²) in [7, 11) is 4.46. The zero-order valence-corrected chi connectivity index (χ0v) is 23.0. The van der Waals surface area contributed by atoms with Crippen molar-refractivity contribution in [2.75, 3.05) is 27.9 Å². The van der Waals surface area contributed by atoms with E-state index in [0.717, 1.165) is 5.56 Å². The van der Waals surface area contributed by atoms with Gasteiger partial charge in [0.25, 0.3) is 0 Å². The Morgan fingerprint density at radius 1 is 0.897 bits per heavy atom. The van der Waals surface area contributed by atoms with E-state index in [1.165, 1.54) is 14.0 Å². The lowest BCUT2D eigenvalue weighted by Gasteiger charge is -2.38. The Balaban J connectivity index is 1.78. The lowest BCUT2D eigenvalue weighted by atomic mass is 9.66. The molecule has 2 aromatic rings. The van der Waals surface area contributed by atoms with Crippen molar-refractivity contribution in [3.05, 3.63) is 58.8 Å². The molecule has 2 aromatic carbocycles. The minimum Gasteiger partial charge on any atom is -0.493 e. The monoisotopic (exact) mass is 535 g/mol. The molecule has 9 nitrogen and oxygen atoms in total. The molecule has 0 N–H and O–H groups in total. The van der Waals surface area contributed by atoms with Gasteiger partial charge in [-0.15, -0.1) is 0 Å². The van der Waals surface area contributed by atoms with Gasteiger partial charge in [0.2, 0.25) is 0 Å². The van der Waals surface area contributed by atoms with Crippen LogP contribution in [0.2, 0.25) is 0 Å². The van der Waals surface area contributed by atoms with Gasteiger partial charge in [-0.25, -0.2) is 4.79 Å². The molecule has 1 aliphatic heterocycles. The molecule has 1 saturated carbocycles. The molecule has 4 rings (SSSR count). The summed E-state index contributed by atoms with van der Waals surface area (Å²) in [5.74, 6) is -0.616. The van der Waals surface area contributed by atoms with Gasteiger partial charge in [0.15, 0.2) is 23.0 Å². The maximum Gasteiger partial charge on any atom is 0.336 e. The number of aliphatic imine (C=N–C) groups is 1. The highest BCUT2D eigenvalue weighted by molar-refractivity contribution is 6.12. The second kappa shape index (κ2) is 11.7. The number of carbonyl (C=O) groups excluding carboxylic acids is 3. The average molecular weight is 536 g/mol. The predicted octanol–water partition coefficient (Wildman–Crippen LogP) is 4.78. The largest absolute Gasteiger partial charge is 0.493 e. The molecule has 0 amide bonds. The van der Waals surface area contributed by atoms with Crippen molar-refractivity contribution in [1.29, 1.82) is 0 Å². The van der Waals surface area contributed by atoms with E-state index in [0.29, 0.717) is 52.8 Å². The molecule has 206 valence electrons. The number of Topliss-reactive ketones (excluding diaryl/α,β-unsaturated/α-hetero) is 1. The van der Waals surface area contributed by atoms with Crippen LogP contribution in [-0.2, 0) is 19.1 Å². The molecule has 3 atom stereocenters. The molecule has 0 aromatic heterocycles. The third kappa shape index (κ3) is 5.53. The van der Waals surface area contributed by atoms with Crippen molar-refractivity contribution >= 4 is 23.4 Å². The second-order valence-electron chi connectivity index (χ2n) is 9.47. The topological polar surface area (TPSA) is 110 Å². The number of methoxy groups -OCH3 is 3. The molecule has 1 aliphatic carbocycles. The molecule has 2 aliphatic rings. The van der Waals surface area contributed by atoms with Gasteiger partial charge >= 0.3 is 11.9 Å². The summed E-state index contributed by atoms with van der Waals surface area (Å²) < 4.78 is 27.0. The number of hydrogen-bond acceptors (Lipinski definition) is 9. The minimum absolute atomic E-state index is 0.0271. The fraction of sp³-hybridized carbons (Fsp3) is 0.400. The van der Waals surface area contributed by atoms with E-state index in [4.69, 9.17) is 28.7 Å². The van der Waals surface area contributed by atoms with E-state index >= 15 is 0 Å². The first-order valence-electron chi connectivity index (χ1n) is 12.8. The second-order valence-corrected chi connectivity index (χ2v) is 9.47. The minimum atomic E-state index is -0.645. The fourth-order valence-corrected chi connectivity index (χ4v) is 5.48. The van der Waals surface area contributed by atoms with Crippen LogP contribution < -0.4 is 18.9 Å². The first kappa shape index (κ1) is 27.9. The highest BCUT2D eigenvalue weighted by Gasteiger charge is 2.46. The quantitative estimate of drug-likeness (QED) is 0.351. The Morgan fingerprint density at radius 3 is 2.21 bits per heavy atom. The van der Waals surface area contributed by atoms with Crippen LogP contribution in [0.15, 0.2) is 52.7 Å². The number of rotatable bonds is 8. The van der Waals surface area contributed by atoms with Crippen molar-refractivity contribution in [2.24, 2.45) is 10.9 Å². The average Bonchev–Trinajstić information content (AvgIpc) is 2.92. The maximum atomic E-state index is 13.8. The number of hydrogen-bond donors (Lipinski definition) is 0. The Morgan fingerprint density at radius 2 is 1.56 bits per heavy atom. The number of ether oxygens (including phenoxy) is 5. The standard InChI is InChI=1S/C30H33NO8/c1-7-38-26-15-19(9-11-24(26)39-17(3)32)28-27(30(34)37-6)16(2)31-21-12-20(13-22(33)29(21)28)18-8-10-23(35-4)25(14-18)36-5/h8-11,14-15,20,28-29H,7,12-13H2,1-6H3/t20-,28-,29?/m1/s1. The van der Waals surface area contributed by atoms with Gasteiger partial charge in [0, 0.05) is 30.7 Å². The third-order valence-corrected chi connectivity index (χ3v) is 7.12. The number of benzene rings is 2. The van der Waals surface area contributed by atoms with Crippen LogP contribution in [0.3, 0.4) is 0 Å². The van der Waals surface area contributed by atoms with Gasteiger partial charge in [-0.05, 0) is 61.6 Å². The Hall–Kier alpha value is -4.14. The van der Waals surface area contributed by atoms with E-state index in [9.17, 15) is 14.4 Å². The molecule has 1 heterocycles. The summed E-state index contributed by atoms with van der Waals surface area (Å²) in [6.07, 6.45) is 0.811. The highest BCUT2D eigenvalue weighted by atomic mass is 16.6. The number of allylic oxidation sites excluding steroid dienone is 1. The summed E-state index contributed by atoms with van der Waals surface area (Å²) >= 11 is 0. The highest BCUT2D eigenvalue weighted by Crippen LogP contribution is 2.48. The van der Waals surface area contributed by atoms with Gasteiger partial charge in [-0.1, -0.05) is 12.1 Å². The lowest BCUT2D eigenvalue weighted by molar-refractivity contribution is -0.136. The Kier molecular flexibility index (Phi) is 8.38. The van der Waals surface area contributed by atoms with Crippen molar-refractivity contribution in [1.82, 2.24) is 0 Å². The van der Waals surface area contributed by atoms with E-state index in [2.05, 4.69) is 0 Å². The van der Waals surface area contributed by atoms with Gasteiger partial charge in [0.1, 0.15) is 5.78 Å². The summed E-state index contributed by atoms with van der Waals surface area (Å²) in [4.78, 5) is 43.2. The number of carbonyl (C=O) groups is 3. The molecule has 1 unspecified atom stereocenters. The van der Waals surface area contributed by atoms with Crippen molar-refractivity contribution in [3.63, 3.8) is 0 Å². The summed E-state index contributed by atoms with van der Waals surface area (Å²) in [5.41, 5.74) is 3.16. The molecule has 9 heteroatoms. The van der Waals surface area contributed by atoms with Crippen molar-refractivity contribution in [2.45, 2.75) is 45.4 Å². The van der Waals surface area contributed by atoms with Crippen LogP contribution >= 0.6 is 0 Å². The first-order chi connectivity index (χ1) is 18.7. The smallest absolute Gasteiger partial charge is 0.336 e. The normalized spacial score (nSPS) is 20.5. The molecular weight excluding hydrogens is 502 g/mol. The van der Waals surface area contributed by atoms with Gasteiger partial charge in [-0.3, -0.25) is 14.6 Å². The zero-order valence-electron chi connectivity index (χ0n) is 23.0. The Labute approximate surface area is 227 Å². The van der Waals surface area contributed by atoms with Crippen LogP contribution in [0.1, 0.15) is 56.6 Å². The molecule has 39 heavy (non-hydrogen) atoms. The fourth-order valence-electron chi connectivity index (χ4n) is 5.48. The maximum absolute atomic E-state index is 13.8. The van der Waals surface area contributed by atoms with Crippen molar-refractivity contribution < 1.29 is 38.1 Å². The molecule has 0 bridgehead atoms. The molecule has 1 fully saturated rings. The van der Waals surface area contributed by atoms with E-state index in [-0.39, 0.29) is 23.9 Å². The molecule has 0 spiro atoms. The molecule has 0 radical (unpaired) electrons. The van der Waals surface area contributed by atoms with E-state index in [1.807, 2.05) is 25.1 Å². The summed E-state index contributed by atoms with van der Waals surface area (Å²) in [5, 5.41) is 0. The van der Waals surface area contributed by atoms with Crippen LogP contribution in [-0.4, -0.2) is 51.4 Å². The first-order valence-corrected chi connectivity index (χ1v) is 12.8. The summed E-state index contributed by atoms with van der Waals surface area (Å²) in [6.45, 7) is 5.22. The predicted molar refractivity (Wildman–Crippen MR) is 144 cm³/mol. The lowest BCUT2D eigenvalue weighted by Crippen LogP contribution is -2.41. The number of esters is 2. The number of ketones is 1. The SMILES string of the molecule is CCOc1cc([C@@H]2C(C(=O)OC)=C(C)N=C3C[C@@H](c4ccc(OC)c(OC)c4)CC(=O)C32)ccc1OC(C)=O. The summed E-state index contributed by atoms with van der Waals surface area (Å²) in [6, 6.07) is 10.7. The molecular formula is C30H33NO8. The molecule has 0 saturated heterocycles. The Bertz CT molecular complexity index is 1360. The van der Waals surface area contributed by atoms with Crippen LogP contribution in [0.5, 0.6) is 23.0 Å². The third-order valence-electron chi connectivity index (χ3n) is 7.12. The van der Waals surface area contributed by atoms with Crippen LogP contribution in [0, 0.1) is 5.92 Å². The van der Waals surface area contributed by atoms with E-state index in [1.54, 1.807) is 39.3 Å². The van der Waals surface area contributed by atoms with E-state index < -0.39 is 23.8 Å². The number of fused-ring (bicyclic) bond motifs is 1.